The van der Waals surface area contributed by atoms with E-state index in [1.165, 1.54) is 19.2 Å². The van der Waals surface area contributed by atoms with Crippen LogP contribution in [0.25, 0.3) is 0 Å². The lowest BCUT2D eigenvalue weighted by atomic mass is 9.78. The van der Waals surface area contributed by atoms with Gasteiger partial charge in [-0.15, -0.1) is 0 Å². The van der Waals surface area contributed by atoms with Crippen molar-refractivity contribution in [2.45, 2.75) is 25.7 Å². The highest BCUT2D eigenvalue weighted by Crippen LogP contribution is 2.43. The molecule has 0 atom stereocenters. The van der Waals surface area contributed by atoms with Gasteiger partial charge >= 0.3 is 5.97 Å². The number of hydrogen-bond acceptors (Lipinski definition) is 5. The van der Waals surface area contributed by atoms with Gasteiger partial charge in [-0.3, -0.25) is 4.79 Å². The minimum absolute atomic E-state index is 0.0363. The van der Waals surface area contributed by atoms with Gasteiger partial charge in [-0.2, -0.15) is 0 Å². The average Bonchev–Trinajstić information content (AvgIpc) is 2.95. The maximum Gasteiger partial charge on any atom is 0.374 e. The van der Waals surface area contributed by atoms with E-state index in [2.05, 4.69) is 10.1 Å². The lowest BCUT2D eigenvalue weighted by molar-refractivity contribution is -0.117. The van der Waals surface area contributed by atoms with E-state index in [-0.39, 0.29) is 23.0 Å². The van der Waals surface area contributed by atoms with Crippen molar-refractivity contribution in [3.05, 3.63) is 40.6 Å². The third kappa shape index (κ3) is 2.97. The van der Waals surface area contributed by atoms with E-state index in [0.717, 1.165) is 5.56 Å². The molecule has 0 bridgehead atoms. The predicted octanol–water partition coefficient (Wildman–Crippen LogP) is 4.13. The van der Waals surface area contributed by atoms with Crippen LogP contribution in [0.4, 0.5) is 5.69 Å². The molecule has 0 aliphatic carbocycles. The molecule has 0 radical (unpaired) electrons. The number of fused-ring (bicyclic) bond motifs is 1. The molecule has 0 saturated carbocycles. The van der Waals surface area contributed by atoms with Crippen molar-refractivity contribution >= 4 is 29.2 Å². The minimum atomic E-state index is -0.592. The SMILES string of the molecule is COC(=O)c1ccc(Oc2cc3c(cc2Cl)NC(=O)CC3(C)C)o1. The number of hydrogen-bond donors (Lipinski definition) is 1. The minimum Gasteiger partial charge on any atom is -0.463 e. The molecular formula is C17H16ClNO5. The first-order chi connectivity index (χ1) is 11.3. The average molecular weight is 350 g/mol. The topological polar surface area (TPSA) is 77.8 Å². The van der Waals surface area contributed by atoms with Crippen molar-refractivity contribution in [2.24, 2.45) is 0 Å². The summed E-state index contributed by atoms with van der Waals surface area (Å²) in [4.78, 5) is 23.2. The Kier molecular flexibility index (Phi) is 4.01. The van der Waals surface area contributed by atoms with Crippen molar-refractivity contribution < 1.29 is 23.5 Å². The van der Waals surface area contributed by atoms with Gasteiger partial charge in [0.05, 0.1) is 12.1 Å². The van der Waals surface area contributed by atoms with Crippen LogP contribution in [0.5, 0.6) is 11.7 Å². The summed E-state index contributed by atoms with van der Waals surface area (Å²) in [6.07, 6.45) is 0.369. The lowest BCUT2D eigenvalue weighted by Gasteiger charge is -2.32. The number of anilines is 1. The molecule has 0 fully saturated rings. The Morgan fingerprint density at radius 3 is 2.79 bits per heavy atom. The smallest absolute Gasteiger partial charge is 0.374 e. The molecule has 126 valence electrons. The van der Waals surface area contributed by atoms with Crippen LogP contribution in [0.1, 0.15) is 36.4 Å². The Hall–Kier alpha value is -2.47. The van der Waals surface area contributed by atoms with Crippen LogP contribution in [0, 0.1) is 0 Å². The Morgan fingerprint density at radius 2 is 2.08 bits per heavy atom. The van der Waals surface area contributed by atoms with E-state index >= 15 is 0 Å². The van der Waals surface area contributed by atoms with E-state index in [0.29, 0.717) is 22.9 Å². The zero-order chi connectivity index (χ0) is 17.5. The molecule has 1 amide bonds. The molecule has 0 spiro atoms. The second-order valence-corrected chi connectivity index (χ2v) is 6.56. The van der Waals surface area contributed by atoms with Gasteiger partial charge in [0, 0.05) is 23.6 Å². The molecule has 2 aromatic rings. The molecule has 1 aliphatic rings. The van der Waals surface area contributed by atoms with Gasteiger partial charge in [0.2, 0.25) is 11.7 Å². The number of nitrogens with one attached hydrogen (secondary N) is 1. The van der Waals surface area contributed by atoms with Crippen LogP contribution in [0.3, 0.4) is 0 Å². The van der Waals surface area contributed by atoms with Crippen LogP contribution in [-0.2, 0) is 14.9 Å². The molecule has 1 N–H and O–H groups in total. The summed E-state index contributed by atoms with van der Waals surface area (Å²) in [5.41, 5.74) is 1.24. The van der Waals surface area contributed by atoms with Crippen molar-refractivity contribution in [2.75, 3.05) is 12.4 Å². The molecular weight excluding hydrogens is 334 g/mol. The molecule has 1 aliphatic heterocycles. The van der Waals surface area contributed by atoms with E-state index in [4.69, 9.17) is 20.8 Å². The van der Waals surface area contributed by atoms with Crippen LogP contribution in [0.15, 0.2) is 28.7 Å². The summed E-state index contributed by atoms with van der Waals surface area (Å²) >= 11 is 6.24. The highest BCUT2D eigenvalue weighted by molar-refractivity contribution is 6.32. The Labute approximate surface area is 143 Å². The number of furan rings is 1. The largest absolute Gasteiger partial charge is 0.463 e. The van der Waals surface area contributed by atoms with Gasteiger partial charge in [0.15, 0.2) is 0 Å². The third-order valence-corrected chi connectivity index (χ3v) is 4.15. The van der Waals surface area contributed by atoms with Gasteiger partial charge in [-0.1, -0.05) is 25.4 Å². The van der Waals surface area contributed by atoms with E-state index < -0.39 is 5.97 Å². The van der Waals surface area contributed by atoms with Crippen LogP contribution in [0.2, 0.25) is 5.02 Å². The molecule has 3 rings (SSSR count). The molecule has 7 heteroatoms. The number of carbonyl (C=O) groups excluding carboxylic acids is 2. The molecule has 24 heavy (non-hydrogen) atoms. The van der Waals surface area contributed by atoms with E-state index in [1.54, 1.807) is 12.1 Å². The predicted molar refractivity (Wildman–Crippen MR) is 87.8 cm³/mol. The first kappa shape index (κ1) is 16.4. The maximum atomic E-state index is 11.8. The standard InChI is InChI=1S/C17H16ClNO5/c1-17(2)8-14(20)19-11-7-10(18)13(6-9(11)17)24-15-5-4-12(23-15)16(21)22-3/h4-7H,8H2,1-3H3,(H,19,20). The van der Waals surface area contributed by atoms with Gasteiger partial charge in [-0.05, 0) is 23.8 Å². The van der Waals surface area contributed by atoms with Crippen LogP contribution < -0.4 is 10.1 Å². The summed E-state index contributed by atoms with van der Waals surface area (Å²) < 4.78 is 15.5. The first-order valence-corrected chi connectivity index (χ1v) is 7.68. The third-order valence-electron chi connectivity index (χ3n) is 3.86. The molecule has 6 nitrogen and oxygen atoms in total. The van der Waals surface area contributed by atoms with Gasteiger partial charge < -0.3 is 19.2 Å². The molecule has 1 aromatic heterocycles. The maximum absolute atomic E-state index is 11.8. The fourth-order valence-electron chi connectivity index (χ4n) is 2.68. The molecule has 2 heterocycles. The Bertz CT molecular complexity index is 824. The number of amides is 1. The monoisotopic (exact) mass is 349 g/mol. The number of rotatable bonds is 3. The number of carbonyl (C=O) groups is 2. The molecule has 1 aromatic carbocycles. The van der Waals surface area contributed by atoms with E-state index in [9.17, 15) is 9.59 Å². The highest BCUT2D eigenvalue weighted by atomic mass is 35.5. The fourth-order valence-corrected chi connectivity index (χ4v) is 2.88. The van der Waals surface area contributed by atoms with Crippen LogP contribution >= 0.6 is 11.6 Å². The summed E-state index contributed by atoms with van der Waals surface area (Å²) in [6, 6.07) is 6.39. The lowest BCUT2D eigenvalue weighted by Crippen LogP contribution is -2.32. The Balaban J connectivity index is 1.94. The van der Waals surface area contributed by atoms with Crippen molar-refractivity contribution in [1.82, 2.24) is 0 Å². The number of halogens is 1. The second kappa shape index (κ2) is 5.87. The van der Waals surface area contributed by atoms with Gasteiger partial charge in [0.1, 0.15) is 5.75 Å². The van der Waals surface area contributed by atoms with Crippen molar-refractivity contribution in [1.29, 1.82) is 0 Å². The summed E-state index contributed by atoms with van der Waals surface area (Å²) in [6.45, 7) is 3.95. The number of ether oxygens (including phenoxy) is 2. The number of esters is 1. The zero-order valence-electron chi connectivity index (χ0n) is 13.4. The van der Waals surface area contributed by atoms with Crippen LogP contribution in [-0.4, -0.2) is 19.0 Å². The highest BCUT2D eigenvalue weighted by Gasteiger charge is 2.33. The van der Waals surface area contributed by atoms with Crippen molar-refractivity contribution in [3.63, 3.8) is 0 Å². The quantitative estimate of drug-likeness (QED) is 0.843. The number of methoxy groups -OCH3 is 1. The molecule has 0 saturated heterocycles. The normalized spacial score (nSPS) is 15.4. The fraction of sp³-hybridized carbons (Fsp3) is 0.294. The number of benzene rings is 1. The van der Waals surface area contributed by atoms with E-state index in [1.807, 2.05) is 13.8 Å². The zero-order valence-corrected chi connectivity index (χ0v) is 14.2. The first-order valence-electron chi connectivity index (χ1n) is 7.30. The summed E-state index contributed by atoms with van der Waals surface area (Å²) in [7, 11) is 1.27. The van der Waals surface area contributed by atoms with Gasteiger partial charge in [-0.25, -0.2) is 4.79 Å². The summed E-state index contributed by atoms with van der Waals surface area (Å²) in [5.74, 6) is -0.106. The van der Waals surface area contributed by atoms with Gasteiger partial charge in [0.25, 0.3) is 5.95 Å². The van der Waals surface area contributed by atoms with Crippen molar-refractivity contribution in [3.8, 4) is 11.7 Å². The summed E-state index contributed by atoms with van der Waals surface area (Å²) in [5, 5.41) is 3.13. The molecule has 0 unspecified atom stereocenters. The Morgan fingerprint density at radius 1 is 1.33 bits per heavy atom. The second-order valence-electron chi connectivity index (χ2n) is 6.15.